The van der Waals surface area contributed by atoms with Gasteiger partial charge in [-0.15, -0.1) is 0 Å². The van der Waals surface area contributed by atoms with Crippen molar-refractivity contribution in [2.45, 2.75) is 30.0 Å². The number of imide groups is 1. The molecule has 0 bridgehead atoms. The van der Waals surface area contributed by atoms with Gasteiger partial charge in [0.2, 0.25) is 11.8 Å². The molecular formula is C10H12ClN3O4S2. The van der Waals surface area contributed by atoms with Crippen LogP contribution in [0.2, 0.25) is 4.47 Å². The Bertz CT molecular complexity index is 670. The molecule has 110 valence electrons. The zero-order valence-electron chi connectivity index (χ0n) is 10.7. The molecule has 1 N–H and O–H groups in total. The average Bonchev–Trinajstić information content (AvgIpc) is 2.70. The summed E-state index contributed by atoms with van der Waals surface area (Å²) in [6, 6.07) is -0.942. The van der Waals surface area contributed by atoms with Crippen molar-refractivity contribution >= 4 is 44.8 Å². The van der Waals surface area contributed by atoms with Gasteiger partial charge in [0, 0.05) is 13.5 Å². The smallest absolute Gasteiger partial charge is 0.252 e. The maximum atomic E-state index is 12.2. The molecule has 1 fully saturated rings. The summed E-state index contributed by atoms with van der Waals surface area (Å²) in [5.74, 6) is -0.874. The maximum Gasteiger partial charge on any atom is 0.252 e. The van der Waals surface area contributed by atoms with E-state index in [0.29, 0.717) is 0 Å². The lowest BCUT2D eigenvalue weighted by Crippen LogP contribution is -2.52. The van der Waals surface area contributed by atoms with Crippen LogP contribution in [0.4, 0.5) is 0 Å². The number of likely N-dealkylation sites (N-methyl/N-ethyl adjacent to an activating group) is 1. The van der Waals surface area contributed by atoms with Crippen LogP contribution < -0.4 is 4.72 Å². The number of hydrogen-bond donors (Lipinski definition) is 1. The van der Waals surface area contributed by atoms with Crippen LogP contribution >= 0.6 is 22.9 Å². The number of nitrogens with one attached hydrogen (secondary N) is 1. The lowest BCUT2D eigenvalue weighted by atomic mass is 10.1. The first-order valence-electron chi connectivity index (χ1n) is 5.68. The molecule has 2 heterocycles. The fourth-order valence-electron chi connectivity index (χ4n) is 1.87. The molecule has 1 atom stereocenters. The summed E-state index contributed by atoms with van der Waals surface area (Å²) in [6.07, 6.45) is 0.269. The van der Waals surface area contributed by atoms with Crippen molar-refractivity contribution in [1.29, 1.82) is 0 Å². The van der Waals surface area contributed by atoms with Gasteiger partial charge in [0.25, 0.3) is 10.0 Å². The summed E-state index contributed by atoms with van der Waals surface area (Å²) in [7, 11) is -2.55. The van der Waals surface area contributed by atoms with E-state index in [0.717, 1.165) is 16.2 Å². The fourth-order valence-corrected chi connectivity index (χ4v) is 4.84. The van der Waals surface area contributed by atoms with E-state index in [4.69, 9.17) is 11.6 Å². The highest BCUT2D eigenvalue weighted by Gasteiger charge is 2.35. The van der Waals surface area contributed by atoms with Crippen LogP contribution in [0.15, 0.2) is 4.21 Å². The summed E-state index contributed by atoms with van der Waals surface area (Å²) in [5, 5.41) is 0. The molecule has 1 aliphatic heterocycles. The molecule has 20 heavy (non-hydrogen) atoms. The lowest BCUT2D eigenvalue weighted by molar-refractivity contribution is -0.147. The van der Waals surface area contributed by atoms with Gasteiger partial charge in [0.05, 0.1) is 5.69 Å². The van der Waals surface area contributed by atoms with E-state index in [1.54, 1.807) is 0 Å². The number of carbonyl (C=O) groups is 2. The molecule has 1 saturated heterocycles. The summed E-state index contributed by atoms with van der Waals surface area (Å²) >= 11 is 6.51. The maximum absolute atomic E-state index is 12.2. The Morgan fingerprint density at radius 1 is 1.45 bits per heavy atom. The van der Waals surface area contributed by atoms with Gasteiger partial charge in [-0.05, 0) is 13.3 Å². The summed E-state index contributed by atoms with van der Waals surface area (Å²) in [4.78, 5) is 28.0. The summed E-state index contributed by atoms with van der Waals surface area (Å²) < 4.78 is 26.8. The van der Waals surface area contributed by atoms with Gasteiger partial charge in [-0.3, -0.25) is 14.5 Å². The van der Waals surface area contributed by atoms with E-state index < -0.39 is 22.0 Å². The predicted molar refractivity (Wildman–Crippen MR) is 73.0 cm³/mol. The monoisotopic (exact) mass is 337 g/mol. The molecule has 1 aromatic rings. The number of carbonyl (C=O) groups excluding carboxylic acids is 2. The van der Waals surface area contributed by atoms with Crippen LogP contribution in [0.25, 0.3) is 0 Å². The van der Waals surface area contributed by atoms with Crippen molar-refractivity contribution < 1.29 is 18.0 Å². The summed E-state index contributed by atoms with van der Waals surface area (Å²) in [5.41, 5.74) is 0.278. The third kappa shape index (κ3) is 2.85. The number of hydrogen-bond acceptors (Lipinski definition) is 6. The number of likely N-dealkylation sites (tertiary alicyclic amines) is 1. The minimum Gasteiger partial charge on any atom is -0.284 e. The molecule has 10 heteroatoms. The third-order valence-corrected chi connectivity index (χ3v) is 6.26. The Morgan fingerprint density at radius 2 is 2.10 bits per heavy atom. The number of sulfonamides is 1. The van der Waals surface area contributed by atoms with E-state index in [2.05, 4.69) is 9.71 Å². The van der Waals surface area contributed by atoms with Crippen LogP contribution in [-0.2, 0) is 19.6 Å². The normalized spacial score (nSPS) is 20.6. The number of aryl methyl sites for hydroxylation is 1. The Labute approximate surface area is 125 Å². The number of rotatable bonds is 3. The first kappa shape index (κ1) is 15.4. The number of halogens is 1. The molecule has 2 rings (SSSR count). The van der Waals surface area contributed by atoms with Gasteiger partial charge >= 0.3 is 0 Å². The van der Waals surface area contributed by atoms with Crippen molar-refractivity contribution in [3.8, 4) is 0 Å². The van der Waals surface area contributed by atoms with Crippen molar-refractivity contribution in [2.24, 2.45) is 0 Å². The van der Waals surface area contributed by atoms with Gasteiger partial charge in [0.15, 0.2) is 8.68 Å². The highest BCUT2D eigenvalue weighted by molar-refractivity contribution is 7.91. The van der Waals surface area contributed by atoms with Gasteiger partial charge in [-0.1, -0.05) is 22.9 Å². The Hall–Kier alpha value is -1.03. The van der Waals surface area contributed by atoms with Crippen LogP contribution in [0, 0.1) is 6.92 Å². The lowest BCUT2D eigenvalue weighted by Gasteiger charge is -2.27. The number of aromatic nitrogens is 1. The predicted octanol–water partition coefficient (Wildman–Crippen LogP) is 0.531. The molecule has 1 aromatic heterocycles. The SMILES string of the molecule is Cc1nc(Cl)sc1S(=O)(=O)NC1CCC(=O)N(C)C1=O. The second-order valence-electron chi connectivity index (χ2n) is 4.34. The molecule has 0 aliphatic carbocycles. The molecule has 1 unspecified atom stereocenters. The van der Waals surface area contributed by atoms with Crippen molar-refractivity contribution in [3.05, 3.63) is 10.2 Å². The first-order valence-corrected chi connectivity index (χ1v) is 8.36. The second kappa shape index (κ2) is 5.40. The van der Waals surface area contributed by atoms with Crippen molar-refractivity contribution in [1.82, 2.24) is 14.6 Å². The van der Waals surface area contributed by atoms with Crippen LogP contribution in [0.5, 0.6) is 0 Å². The molecule has 0 aromatic carbocycles. The number of thiazole rings is 1. The zero-order chi connectivity index (χ0) is 15.1. The van der Waals surface area contributed by atoms with E-state index in [-0.39, 0.29) is 33.1 Å². The van der Waals surface area contributed by atoms with Gasteiger partial charge in [-0.25, -0.2) is 13.4 Å². The molecule has 0 radical (unpaired) electrons. The van der Waals surface area contributed by atoms with Crippen LogP contribution in [0.3, 0.4) is 0 Å². The first-order chi connectivity index (χ1) is 9.22. The van der Waals surface area contributed by atoms with Crippen molar-refractivity contribution in [3.63, 3.8) is 0 Å². The standard InChI is InChI=1S/C10H12ClN3O4S2/c1-5-9(19-10(11)12-5)20(17,18)13-6-3-4-7(15)14(2)8(6)16/h6,13H,3-4H2,1-2H3. The highest BCUT2D eigenvalue weighted by Crippen LogP contribution is 2.27. The molecule has 1 aliphatic rings. The van der Waals surface area contributed by atoms with Crippen LogP contribution in [-0.4, -0.2) is 43.2 Å². The highest BCUT2D eigenvalue weighted by atomic mass is 35.5. The number of piperidine rings is 1. The third-order valence-electron chi connectivity index (χ3n) is 2.92. The Balaban J connectivity index is 2.23. The molecular weight excluding hydrogens is 326 g/mol. The zero-order valence-corrected chi connectivity index (χ0v) is 13.1. The summed E-state index contributed by atoms with van der Waals surface area (Å²) in [6.45, 7) is 1.52. The van der Waals surface area contributed by atoms with Gasteiger partial charge in [-0.2, -0.15) is 4.72 Å². The Morgan fingerprint density at radius 3 is 2.65 bits per heavy atom. The minimum atomic E-state index is -3.88. The fraction of sp³-hybridized carbons (Fsp3) is 0.500. The minimum absolute atomic E-state index is 0.0187. The topological polar surface area (TPSA) is 96.4 Å². The molecule has 2 amide bonds. The molecule has 7 nitrogen and oxygen atoms in total. The van der Waals surface area contributed by atoms with Gasteiger partial charge in [0.1, 0.15) is 6.04 Å². The number of nitrogens with zero attached hydrogens (tertiary/aromatic N) is 2. The molecule has 0 saturated carbocycles. The molecule has 0 spiro atoms. The quantitative estimate of drug-likeness (QED) is 0.812. The number of amides is 2. The average molecular weight is 338 g/mol. The van der Waals surface area contributed by atoms with Crippen molar-refractivity contribution in [2.75, 3.05) is 7.05 Å². The van der Waals surface area contributed by atoms with E-state index in [9.17, 15) is 18.0 Å². The van der Waals surface area contributed by atoms with E-state index >= 15 is 0 Å². The largest absolute Gasteiger partial charge is 0.284 e. The van der Waals surface area contributed by atoms with E-state index in [1.807, 2.05) is 0 Å². The second-order valence-corrected chi connectivity index (χ2v) is 7.83. The van der Waals surface area contributed by atoms with E-state index in [1.165, 1.54) is 14.0 Å². The van der Waals surface area contributed by atoms with Crippen LogP contribution in [0.1, 0.15) is 18.5 Å². The Kier molecular flexibility index (Phi) is 4.14. The van der Waals surface area contributed by atoms with Gasteiger partial charge < -0.3 is 0 Å².